The molecule has 0 saturated carbocycles. The van der Waals surface area contributed by atoms with Crippen LogP contribution in [-0.4, -0.2) is 71.2 Å². The molecule has 1 aliphatic rings. The summed E-state index contributed by atoms with van der Waals surface area (Å²) < 4.78 is 29.0. The average Bonchev–Trinajstić information content (AvgIpc) is 2.73. The minimum absolute atomic E-state index is 0. The molecule has 0 atom stereocenters. The van der Waals surface area contributed by atoms with Gasteiger partial charge >= 0.3 is 0 Å². The number of hydrogen-bond donors (Lipinski definition) is 0. The van der Waals surface area contributed by atoms with E-state index in [0.29, 0.717) is 4.48 Å². The van der Waals surface area contributed by atoms with E-state index in [4.69, 9.17) is 25.3 Å². The van der Waals surface area contributed by atoms with Crippen LogP contribution in [0.25, 0.3) is 0 Å². The van der Waals surface area contributed by atoms with Crippen LogP contribution in [0.15, 0.2) is 57.8 Å². The van der Waals surface area contributed by atoms with Crippen molar-refractivity contribution in [2.75, 3.05) is 52.2 Å². The van der Waals surface area contributed by atoms with Crippen molar-refractivity contribution < 1.29 is 35.9 Å². The molecule has 1 heterocycles. The fraction of sp³-hybridized carbons (Fsp3) is 0.381. The molecule has 1 fully saturated rings. The Morgan fingerprint density at radius 2 is 1.50 bits per heavy atom. The summed E-state index contributed by atoms with van der Waals surface area (Å²) in [5.74, 6) is -0.782. The number of quaternary nitrogens is 1. The molecule has 0 spiro atoms. The van der Waals surface area contributed by atoms with Gasteiger partial charge in [-0.25, -0.2) is 4.71 Å². The van der Waals surface area contributed by atoms with E-state index in [1.165, 1.54) is 12.1 Å². The third-order valence-corrected chi connectivity index (χ3v) is 7.07. The number of hydrogen-bond acceptors (Lipinski definition) is 7. The summed E-state index contributed by atoms with van der Waals surface area (Å²) in [6.07, 6.45) is 0. The van der Waals surface area contributed by atoms with Crippen LogP contribution in [0.2, 0.25) is 0 Å². The Morgan fingerprint density at radius 1 is 0.969 bits per heavy atom. The molecular formula is C21H26AuN4O3S3-2. The van der Waals surface area contributed by atoms with Gasteiger partial charge in [-0.05, 0) is 54.1 Å². The summed E-state index contributed by atoms with van der Waals surface area (Å²) in [7, 11) is 1.92. The van der Waals surface area contributed by atoms with Gasteiger partial charge in [-0.15, -0.1) is 0 Å². The van der Waals surface area contributed by atoms with Gasteiger partial charge in [0.15, 0.2) is 0 Å². The minimum atomic E-state index is -4.10. The molecule has 0 amide bonds. The van der Waals surface area contributed by atoms with Gasteiger partial charge in [0.05, 0.1) is 26.0 Å². The molecule has 2 aromatic carbocycles. The van der Waals surface area contributed by atoms with Crippen molar-refractivity contribution >= 4 is 52.6 Å². The van der Waals surface area contributed by atoms with E-state index in [1.54, 1.807) is 36.4 Å². The van der Waals surface area contributed by atoms with Gasteiger partial charge in [0.2, 0.25) is 0 Å². The van der Waals surface area contributed by atoms with Crippen LogP contribution < -0.4 is 14.5 Å². The molecule has 32 heavy (non-hydrogen) atoms. The smallest absolute Gasteiger partial charge is 0.281 e. The fourth-order valence-electron chi connectivity index (χ4n) is 3.29. The molecule has 0 aromatic heterocycles. The van der Waals surface area contributed by atoms with Crippen molar-refractivity contribution in [3.63, 3.8) is 0 Å². The summed E-state index contributed by atoms with van der Waals surface area (Å²) >= 11 is 10.2. The maximum Gasteiger partial charge on any atom is 0.281 e. The standard InChI is InChI=1S/C21H28N4O3S3.Au/c1-25(2,3)18-8-4-16(5-9-18)20(26)22-31(27,28)19-10-6-17(7-11-19)23-12-14-24(15-13-23)21(29)30;/h4-11,21H,12-15H2,1-3H3,(H2-,22,26,29,30);/p-2. The van der Waals surface area contributed by atoms with E-state index < -0.39 is 15.9 Å². The van der Waals surface area contributed by atoms with Gasteiger partial charge in [-0.2, -0.15) is 12.8 Å². The molecule has 7 nitrogen and oxygen atoms in total. The van der Waals surface area contributed by atoms with E-state index in [-0.39, 0.29) is 37.5 Å². The second-order valence-corrected chi connectivity index (χ2v) is 11.1. The number of anilines is 1. The second kappa shape index (κ2) is 11.0. The van der Waals surface area contributed by atoms with Gasteiger partial charge in [0, 0.05) is 60.1 Å². The Bertz CT molecular complexity index is 1030. The first-order chi connectivity index (χ1) is 14.5. The van der Waals surface area contributed by atoms with E-state index >= 15 is 0 Å². The van der Waals surface area contributed by atoms with Crippen molar-refractivity contribution in [2.24, 2.45) is 4.40 Å². The third-order valence-electron chi connectivity index (χ3n) is 5.20. The molecule has 0 unspecified atom stereocenters. The van der Waals surface area contributed by atoms with Gasteiger partial charge in [0.25, 0.3) is 10.0 Å². The summed E-state index contributed by atoms with van der Waals surface area (Å²) in [6, 6.07) is 13.2. The quantitative estimate of drug-likeness (QED) is 0.148. The summed E-state index contributed by atoms with van der Waals surface area (Å²) in [4.78, 5) is 4.19. The molecule has 0 bridgehead atoms. The van der Waals surface area contributed by atoms with Crippen LogP contribution in [0.5, 0.6) is 0 Å². The number of piperazine rings is 1. The molecule has 0 N–H and O–H groups in total. The van der Waals surface area contributed by atoms with E-state index in [9.17, 15) is 13.5 Å². The molecule has 2 aromatic rings. The number of nitrogens with zero attached hydrogens (tertiary/aromatic N) is 4. The van der Waals surface area contributed by atoms with Crippen LogP contribution in [0.4, 0.5) is 11.4 Å². The van der Waals surface area contributed by atoms with E-state index in [1.807, 2.05) is 21.1 Å². The predicted molar refractivity (Wildman–Crippen MR) is 128 cm³/mol. The third kappa shape index (κ3) is 6.77. The molecule has 11 heteroatoms. The molecule has 0 aliphatic carbocycles. The normalized spacial score (nSPS) is 16.2. The molecular weight excluding hydrogens is 649 g/mol. The number of benzene rings is 2. The Morgan fingerprint density at radius 3 is 1.97 bits per heavy atom. The summed E-state index contributed by atoms with van der Waals surface area (Å²) in [5.41, 5.74) is 2.13. The van der Waals surface area contributed by atoms with Crippen molar-refractivity contribution in [2.45, 2.75) is 9.60 Å². The Hall–Kier alpha value is -0.980. The van der Waals surface area contributed by atoms with Crippen LogP contribution in [0.3, 0.4) is 0 Å². The predicted octanol–water partition coefficient (Wildman–Crippen LogP) is 0.876. The van der Waals surface area contributed by atoms with E-state index in [2.05, 4.69) is 14.2 Å². The van der Waals surface area contributed by atoms with Gasteiger partial charge in [0.1, 0.15) is 5.69 Å². The first-order valence-corrected chi connectivity index (χ1v) is 12.2. The molecule has 179 valence electrons. The first-order valence-electron chi connectivity index (χ1n) is 9.82. The van der Waals surface area contributed by atoms with Crippen molar-refractivity contribution in [3.05, 3.63) is 54.1 Å². The Labute approximate surface area is 217 Å². The zero-order valence-corrected chi connectivity index (χ0v) is 22.7. The van der Waals surface area contributed by atoms with Gasteiger partial charge in [-0.1, -0.05) is 0 Å². The van der Waals surface area contributed by atoms with Crippen LogP contribution in [0.1, 0.15) is 5.56 Å². The zero-order valence-electron chi connectivity index (χ0n) is 18.1. The van der Waals surface area contributed by atoms with Crippen molar-refractivity contribution in [3.8, 4) is 0 Å². The summed E-state index contributed by atoms with van der Waals surface area (Å²) in [5, 5.41) is 12.4. The zero-order chi connectivity index (χ0) is 22.8. The Kier molecular flexibility index (Phi) is 9.34. The maximum absolute atomic E-state index is 12.6. The van der Waals surface area contributed by atoms with E-state index in [0.717, 1.165) is 37.6 Å². The average molecular weight is 676 g/mol. The summed E-state index contributed by atoms with van der Waals surface area (Å²) in [6.45, 7) is 3.08. The molecule has 3 rings (SSSR count). The molecule has 1 radical (unpaired) electrons. The Balaban J connectivity index is 0.00000363. The molecule has 1 saturated heterocycles. The first kappa shape index (κ1) is 27.3. The minimum Gasteiger partial charge on any atom is -0.858 e. The number of sulfonamides is 1. The monoisotopic (exact) mass is 675 g/mol. The molecule has 1 aliphatic heterocycles. The number of rotatable bonds is 6. The topological polar surface area (TPSA) is 76.0 Å². The SMILES string of the molecule is C[N+](C)(C)c1ccc(C([O-])=NS(=O)(=O)c2ccc(N3CCN(C([S-])[S-])CC3)cc2)cc1.[Au]. The van der Waals surface area contributed by atoms with Crippen molar-refractivity contribution in [1.82, 2.24) is 9.38 Å². The van der Waals surface area contributed by atoms with Crippen molar-refractivity contribution in [1.29, 1.82) is 0 Å². The van der Waals surface area contributed by atoms with Crippen LogP contribution >= 0.6 is 0 Å². The maximum atomic E-state index is 12.6. The fourth-order valence-corrected chi connectivity index (χ4v) is 4.62. The van der Waals surface area contributed by atoms with Gasteiger partial charge in [-0.3, -0.25) is 4.48 Å². The van der Waals surface area contributed by atoms with Crippen LogP contribution in [0, 0.1) is 0 Å². The van der Waals surface area contributed by atoms with Gasteiger partial charge < -0.3 is 40.2 Å². The van der Waals surface area contributed by atoms with Crippen LogP contribution in [-0.2, 0) is 57.7 Å². The second-order valence-electron chi connectivity index (χ2n) is 8.25. The largest absolute Gasteiger partial charge is 0.858 e.